The Hall–Kier alpha value is -1.22. The minimum Gasteiger partial charge on any atom is -0.826 e. The number of pyridine rings is 2. The predicted molar refractivity (Wildman–Crippen MR) is 57.3 cm³/mol. The molecule has 2 atom stereocenters. The van der Waals surface area contributed by atoms with E-state index in [1.165, 1.54) is 12.4 Å². The average molecular weight is 238 g/mol. The molecule has 0 saturated carbocycles. The Kier molecular flexibility index (Phi) is 5.99. The molecule has 0 radical (unpaired) electrons. The number of aliphatic hydroxyl groups excluding tert-OH is 1. The van der Waals surface area contributed by atoms with Crippen molar-refractivity contribution >= 4 is 0 Å². The summed E-state index contributed by atoms with van der Waals surface area (Å²) in [6, 6.07) is 9.92. The van der Waals surface area contributed by atoms with Crippen LogP contribution >= 0.6 is 0 Å². The number of ether oxygens (including phenoxy) is 1. The first kappa shape index (κ1) is 14.8. The summed E-state index contributed by atoms with van der Waals surface area (Å²) >= 11 is 0. The van der Waals surface area contributed by atoms with Gasteiger partial charge in [-0.05, 0) is 24.3 Å². The van der Waals surface area contributed by atoms with Gasteiger partial charge in [-0.15, -0.1) is 0 Å². The third-order valence-corrected chi connectivity index (χ3v) is 2.12. The topological polar surface area (TPSA) is 78.3 Å². The van der Waals surface area contributed by atoms with E-state index in [-0.39, 0.29) is 24.6 Å². The molecule has 18 heavy (non-hydrogen) atoms. The molecule has 0 aliphatic heterocycles. The molecule has 0 spiro atoms. The molecule has 2 heterocycles. The Bertz CT molecular complexity index is 412. The number of hydrogen-bond acceptors (Lipinski definition) is 5. The minimum absolute atomic E-state index is 0. The Labute approximate surface area is 117 Å². The second-order valence-electron chi connectivity index (χ2n) is 3.33. The zero-order chi connectivity index (χ0) is 12.1. The van der Waals surface area contributed by atoms with E-state index in [4.69, 9.17) is 4.74 Å². The maximum atomic E-state index is 11.6. The average Bonchev–Trinajstić information content (AvgIpc) is 2.40. The van der Waals surface area contributed by atoms with Crippen LogP contribution in [0.3, 0.4) is 0 Å². The monoisotopic (exact) mass is 238 g/mol. The van der Waals surface area contributed by atoms with Gasteiger partial charge in [0.1, 0.15) is 0 Å². The number of rotatable bonds is 4. The molecule has 0 aromatic carbocycles. The van der Waals surface area contributed by atoms with Crippen molar-refractivity contribution in [2.75, 3.05) is 0 Å². The largest absolute Gasteiger partial charge is 1.00 e. The second-order valence-corrected chi connectivity index (χ2v) is 3.33. The molecule has 0 fully saturated rings. The molecule has 0 aliphatic rings. The molecule has 2 aromatic heterocycles. The summed E-state index contributed by atoms with van der Waals surface area (Å²) < 4.78 is 4.90. The van der Waals surface area contributed by atoms with Crippen LogP contribution in [0.1, 0.15) is 24.0 Å². The summed E-state index contributed by atoms with van der Waals surface area (Å²) in [5.41, 5.74) is 0.520. The van der Waals surface area contributed by atoms with Gasteiger partial charge in [-0.25, -0.2) is 0 Å². The third kappa shape index (κ3) is 3.91. The van der Waals surface area contributed by atoms with Crippen molar-refractivity contribution in [3.8, 4) is 0 Å². The smallest absolute Gasteiger partial charge is 0.826 e. The molecular weight excluding hydrogens is 227 g/mol. The van der Waals surface area contributed by atoms with E-state index in [0.29, 0.717) is 5.69 Å². The number of aromatic nitrogens is 2. The molecule has 0 bridgehead atoms. The second kappa shape index (κ2) is 7.26. The molecule has 0 amide bonds. The Morgan fingerprint density at radius 2 is 1.56 bits per heavy atom. The van der Waals surface area contributed by atoms with Gasteiger partial charge in [-0.1, -0.05) is 12.1 Å². The summed E-state index contributed by atoms with van der Waals surface area (Å²) in [5, 5.41) is 21.3. The van der Waals surface area contributed by atoms with Crippen molar-refractivity contribution in [2.24, 2.45) is 0 Å². The van der Waals surface area contributed by atoms with Crippen LogP contribution in [0.4, 0.5) is 0 Å². The van der Waals surface area contributed by atoms with Crippen LogP contribution in [-0.2, 0) is 4.74 Å². The van der Waals surface area contributed by atoms with Gasteiger partial charge in [0, 0.05) is 18.7 Å². The maximum Gasteiger partial charge on any atom is 1.00 e. The Morgan fingerprint density at radius 3 is 2.06 bits per heavy atom. The molecule has 88 valence electrons. The number of hydrogen-bond donors (Lipinski definition) is 1. The predicted octanol–water partition coefficient (Wildman–Crippen LogP) is -2.45. The van der Waals surface area contributed by atoms with Gasteiger partial charge in [0.05, 0.1) is 11.4 Å². The van der Waals surface area contributed by atoms with Crippen LogP contribution in [0.15, 0.2) is 48.8 Å². The molecule has 0 aliphatic carbocycles. The third-order valence-electron chi connectivity index (χ3n) is 2.12. The van der Waals surface area contributed by atoms with E-state index in [9.17, 15) is 10.2 Å². The van der Waals surface area contributed by atoms with Crippen LogP contribution in [0.2, 0.25) is 0 Å². The fourth-order valence-corrected chi connectivity index (χ4v) is 1.29. The Morgan fingerprint density at radius 1 is 1.00 bits per heavy atom. The molecule has 2 aromatic rings. The minimum atomic E-state index is -1.53. The summed E-state index contributed by atoms with van der Waals surface area (Å²) in [4.78, 5) is 7.75. The molecule has 6 heteroatoms. The van der Waals surface area contributed by atoms with E-state index >= 15 is 0 Å². The van der Waals surface area contributed by atoms with Gasteiger partial charge < -0.3 is 14.9 Å². The SMILES string of the molecule is [Li+].[O-][C@@H](O[C@@H](O)c1ccccn1)c1ccccn1. The zero-order valence-electron chi connectivity index (χ0n) is 9.93. The summed E-state index contributed by atoms with van der Waals surface area (Å²) in [7, 11) is 0. The van der Waals surface area contributed by atoms with E-state index in [1.807, 2.05) is 0 Å². The first-order chi connectivity index (χ1) is 8.27. The fourth-order valence-electron chi connectivity index (χ4n) is 1.29. The standard InChI is InChI=1S/C12H11N2O3.Li/c15-11(9-5-1-3-7-13-9)17-12(16)10-6-2-4-8-14-10;/h1-8,11-12,15H;/q-1;+1/t11-,12+;/m1./s1. The maximum absolute atomic E-state index is 11.6. The first-order valence-corrected chi connectivity index (χ1v) is 5.08. The van der Waals surface area contributed by atoms with Crippen LogP contribution in [-0.4, -0.2) is 15.1 Å². The van der Waals surface area contributed by atoms with Gasteiger partial charge in [0.2, 0.25) is 0 Å². The fraction of sp³-hybridized carbons (Fsp3) is 0.167. The van der Waals surface area contributed by atoms with Crippen molar-refractivity contribution in [3.63, 3.8) is 0 Å². The van der Waals surface area contributed by atoms with E-state index in [2.05, 4.69) is 9.97 Å². The summed E-state index contributed by atoms with van der Waals surface area (Å²) in [6.07, 6.45) is 0.132. The summed E-state index contributed by atoms with van der Waals surface area (Å²) in [6.45, 7) is 0. The van der Waals surface area contributed by atoms with Crippen molar-refractivity contribution in [3.05, 3.63) is 60.2 Å². The van der Waals surface area contributed by atoms with Crippen molar-refractivity contribution in [1.82, 2.24) is 9.97 Å². The van der Waals surface area contributed by atoms with Gasteiger partial charge in [-0.2, -0.15) is 0 Å². The van der Waals surface area contributed by atoms with Gasteiger partial charge in [0.25, 0.3) is 0 Å². The summed E-state index contributed by atoms with van der Waals surface area (Å²) in [5.74, 6) is 0. The van der Waals surface area contributed by atoms with Crippen LogP contribution < -0.4 is 24.0 Å². The van der Waals surface area contributed by atoms with Crippen LogP contribution in [0, 0.1) is 0 Å². The number of nitrogens with zero attached hydrogens (tertiary/aromatic N) is 2. The first-order valence-electron chi connectivity index (χ1n) is 5.08. The molecule has 0 unspecified atom stereocenters. The van der Waals surface area contributed by atoms with E-state index in [1.54, 1.807) is 36.4 Å². The van der Waals surface area contributed by atoms with Crippen LogP contribution in [0.25, 0.3) is 0 Å². The molecule has 0 saturated heterocycles. The van der Waals surface area contributed by atoms with Crippen molar-refractivity contribution in [2.45, 2.75) is 12.6 Å². The molecule has 5 nitrogen and oxygen atoms in total. The number of aliphatic hydroxyl groups is 1. The molecular formula is C12H11LiN2O3. The zero-order valence-corrected chi connectivity index (χ0v) is 9.93. The van der Waals surface area contributed by atoms with Crippen molar-refractivity contribution in [1.29, 1.82) is 0 Å². The van der Waals surface area contributed by atoms with Gasteiger partial charge >= 0.3 is 18.9 Å². The normalized spacial score (nSPS) is 13.4. The van der Waals surface area contributed by atoms with Gasteiger partial charge in [0.15, 0.2) is 6.29 Å². The van der Waals surface area contributed by atoms with E-state index in [0.717, 1.165) is 0 Å². The van der Waals surface area contributed by atoms with Gasteiger partial charge in [-0.3, -0.25) is 9.97 Å². The Balaban J connectivity index is 0.00000162. The molecule has 2 rings (SSSR count). The van der Waals surface area contributed by atoms with Crippen LogP contribution in [0.5, 0.6) is 0 Å². The van der Waals surface area contributed by atoms with E-state index < -0.39 is 12.6 Å². The van der Waals surface area contributed by atoms with Crippen molar-refractivity contribution < 1.29 is 33.8 Å². The molecule has 1 N–H and O–H groups in total. The quantitative estimate of drug-likeness (QED) is 0.472.